The zero-order valence-corrected chi connectivity index (χ0v) is 21.5. The van der Waals surface area contributed by atoms with Crippen LogP contribution in [0.15, 0.2) is 66.9 Å². The fourth-order valence-corrected chi connectivity index (χ4v) is 5.51. The third kappa shape index (κ3) is 6.01. The van der Waals surface area contributed by atoms with Crippen molar-refractivity contribution in [2.75, 3.05) is 19.7 Å². The minimum absolute atomic E-state index is 0.0546. The van der Waals surface area contributed by atoms with E-state index in [9.17, 15) is 9.59 Å². The number of ether oxygens (including phenoxy) is 1. The number of amides is 2. The highest BCUT2D eigenvalue weighted by atomic mass is 16.5. The second-order valence-corrected chi connectivity index (χ2v) is 10.1. The highest BCUT2D eigenvalue weighted by Gasteiger charge is 2.36. The standard InChI is InChI=1S/C31H35N3O3/c1-22-9-11-24(12-10-22)30-28-20-27(37-21-29(35)33-18-15-26-8-4-5-17-32-26)14-13-23(28)16-19-34(30)31(36)25-6-2-3-7-25/h4-5,8-14,17,20,25,30H,2-3,6-7,15-16,18-19,21H2,1H3,(H,33,35). The molecule has 1 atom stereocenters. The molecular weight excluding hydrogens is 462 g/mol. The van der Waals surface area contributed by atoms with Crippen molar-refractivity contribution in [1.29, 1.82) is 0 Å². The van der Waals surface area contributed by atoms with Crippen molar-refractivity contribution in [2.45, 2.75) is 51.5 Å². The Morgan fingerprint density at radius 2 is 1.86 bits per heavy atom. The van der Waals surface area contributed by atoms with Crippen molar-refractivity contribution in [1.82, 2.24) is 15.2 Å². The van der Waals surface area contributed by atoms with Gasteiger partial charge in [-0.05, 0) is 67.1 Å². The molecule has 2 heterocycles. The van der Waals surface area contributed by atoms with Crippen molar-refractivity contribution in [3.63, 3.8) is 0 Å². The molecule has 1 unspecified atom stereocenters. The summed E-state index contributed by atoms with van der Waals surface area (Å²) in [5, 5.41) is 2.90. The third-order valence-electron chi connectivity index (χ3n) is 7.53. The Kier molecular flexibility index (Phi) is 7.83. The Labute approximate surface area is 219 Å². The molecule has 0 saturated heterocycles. The summed E-state index contributed by atoms with van der Waals surface area (Å²) in [5.74, 6) is 0.878. The van der Waals surface area contributed by atoms with Gasteiger partial charge in [0, 0.05) is 37.3 Å². The number of hydrogen-bond donors (Lipinski definition) is 1. The number of rotatable bonds is 8. The average Bonchev–Trinajstić information content (AvgIpc) is 3.47. The zero-order chi connectivity index (χ0) is 25.6. The van der Waals surface area contributed by atoms with Gasteiger partial charge in [0.2, 0.25) is 5.91 Å². The number of aryl methyl sites for hydroxylation is 1. The van der Waals surface area contributed by atoms with Gasteiger partial charge in [-0.1, -0.05) is 54.8 Å². The summed E-state index contributed by atoms with van der Waals surface area (Å²) >= 11 is 0. The van der Waals surface area contributed by atoms with Crippen molar-refractivity contribution in [3.05, 3.63) is 94.8 Å². The topological polar surface area (TPSA) is 71.5 Å². The summed E-state index contributed by atoms with van der Waals surface area (Å²) in [6.07, 6.45) is 7.50. The van der Waals surface area contributed by atoms with Crippen molar-refractivity contribution >= 4 is 11.8 Å². The lowest BCUT2D eigenvalue weighted by Gasteiger charge is -2.39. The average molecular weight is 498 g/mol. The molecule has 2 aromatic carbocycles. The van der Waals surface area contributed by atoms with Crippen LogP contribution in [0.1, 0.15) is 59.7 Å². The van der Waals surface area contributed by atoms with E-state index in [2.05, 4.69) is 52.5 Å². The number of hydrogen-bond acceptors (Lipinski definition) is 4. The van der Waals surface area contributed by atoms with Gasteiger partial charge in [0.15, 0.2) is 6.61 Å². The first-order chi connectivity index (χ1) is 18.1. The predicted octanol–water partition coefficient (Wildman–Crippen LogP) is 4.79. The van der Waals surface area contributed by atoms with Gasteiger partial charge in [0.25, 0.3) is 5.91 Å². The maximum atomic E-state index is 13.6. The Balaban J connectivity index is 1.30. The first-order valence-electron chi connectivity index (χ1n) is 13.4. The number of nitrogens with one attached hydrogen (secondary N) is 1. The van der Waals surface area contributed by atoms with Gasteiger partial charge in [0.05, 0.1) is 6.04 Å². The molecule has 0 bridgehead atoms. The van der Waals surface area contributed by atoms with E-state index < -0.39 is 0 Å². The molecule has 0 spiro atoms. The highest BCUT2D eigenvalue weighted by molar-refractivity contribution is 5.80. The maximum absolute atomic E-state index is 13.6. The van der Waals surface area contributed by atoms with Crippen LogP contribution in [-0.4, -0.2) is 41.4 Å². The van der Waals surface area contributed by atoms with Crippen LogP contribution in [0.3, 0.4) is 0 Å². The molecule has 2 amide bonds. The number of aromatic nitrogens is 1. The molecule has 37 heavy (non-hydrogen) atoms. The number of fused-ring (bicyclic) bond motifs is 1. The lowest BCUT2D eigenvalue weighted by Crippen LogP contribution is -2.43. The van der Waals surface area contributed by atoms with Crippen LogP contribution in [-0.2, 0) is 22.4 Å². The molecule has 5 rings (SSSR count). The molecule has 1 fully saturated rings. The van der Waals surface area contributed by atoms with E-state index in [1.54, 1.807) is 6.20 Å². The molecule has 1 aromatic heterocycles. The number of pyridine rings is 1. The first kappa shape index (κ1) is 25.0. The molecule has 192 valence electrons. The summed E-state index contributed by atoms with van der Waals surface area (Å²) < 4.78 is 5.90. The number of nitrogens with zero attached hydrogens (tertiary/aromatic N) is 2. The smallest absolute Gasteiger partial charge is 0.257 e. The van der Waals surface area contributed by atoms with Gasteiger partial charge in [-0.2, -0.15) is 0 Å². The van der Waals surface area contributed by atoms with Crippen LogP contribution in [0, 0.1) is 12.8 Å². The third-order valence-corrected chi connectivity index (χ3v) is 7.53. The number of carbonyl (C=O) groups is 2. The maximum Gasteiger partial charge on any atom is 0.257 e. The molecule has 6 heteroatoms. The van der Waals surface area contributed by atoms with Crippen LogP contribution in [0.25, 0.3) is 0 Å². The summed E-state index contributed by atoms with van der Waals surface area (Å²) in [7, 11) is 0. The summed E-state index contributed by atoms with van der Waals surface area (Å²) in [6.45, 7) is 3.26. The lowest BCUT2D eigenvalue weighted by molar-refractivity contribution is -0.137. The Hall–Kier alpha value is -3.67. The van der Waals surface area contributed by atoms with E-state index in [1.807, 2.05) is 30.3 Å². The SMILES string of the molecule is Cc1ccc(C2c3cc(OCC(=O)NCCc4ccccn4)ccc3CCN2C(=O)C2CCCC2)cc1. The highest BCUT2D eigenvalue weighted by Crippen LogP contribution is 2.39. The van der Waals surface area contributed by atoms with Crippen LogP contribution in [0.4, 0.5) is 0 Å². The van der Waals surface area contributed by atoms with Crippen molar-refractivity contribution in [3.8, 4) is 5.75 Å². The predicted molar refractivity (Wildman–Crippen MR) is 143 cm³/mol. The molecule has 1 saturated carbocycles. The Morgan fingerprint density at radius 3 is 2.62 bits per heavy atom. The van der Waals surface area contributed by atoms with Gasteiger partial charge in [-0.25, -0.2) is 0 Å². The Morgan fingerprint density at radius 1 is 1.05 bits per heavy atom. The van der Waals surface area contributed by atoms with Gasteiger partial charge in [0.1, 0.15) is 5.75 Å². The fourth-order valence-electron chi connectivity index (χ4n) is 5.51. The van der Waals surface area contributed by atoms with Crippen LogP contribution in [0.5, 0.6) is 5.75 Å². The zero-order valence-electron chi connectivity index (χ0n) is 21.5. The molecule has 6 nitrogen and oxygen atoms in total. The fraction of sp³-hybridized carbons (Fsp3) is 0.387. The van der Waals surface area contributed by atoms with Crippen molar-refractivity contribution in [2.24, 2.45) is 5.92 Å². The first-order valence-corrected chi connectivity index (χ1v) is 13.4. The molecular formula is C31H35N3O3. The summed E-state index contributed by atoms with van der Waals surface area (Å²) in [6, 6.07) is 20.1. The summed E-state index contributed by atoms with van der Waals surface area (Å²) in [4.78, 5) is 32.4. The van der Waals surface area contributed by atoms with E-state index >= 15 is 0 Å². The molecule has 1 N–H and O–H groups in total. The van der Waals surface area contributed by atoms with E-state index in [0.29, 0.717) is 18.7 Å². The lowest BCUT2D eigenvalue weighted by atomic mass is 9.86. The van der Waals surface area contributed by atoms with Gasteiger partial charge in [-0.15, -0.1) is 0 Å². The molecule has 1 aliphatic carbocycles. The van der Waals surface area contributed by atoms with E-state index in [1.165, 1.54) is 11.1 Å². The van der Waals surface area contributed by atoms with E-state index in [0.717, 1.165) is 55.5 Å². The minimum atomic E-state index is -0.165. The second kappa shape index (κ2) is 11.6. The largest absolute Gasteiger partial charge is 0.484 e. The van der Waals surface area contributed by atoms with Crippen LogP contribution in [0.2, 0.25) is 0 Å². The van der Waals surface area contributed by atoms with E-state index in [4.69, 9.17) is 4.74 Å². The van der Waals surface area contributed by atoms with E-state index in [-0.39, 0.29) is 30.4 Å². The van der Waals surface area contributed by atoms with Gasteiger partial charge in [-0.3, -0.25) is 14.6 Å². The van der Waals surface area contributed by atoms with Crippen LogP contribution < -0.4 is 10.1 Å². The molecule has 3 aromatic rings. The Bertz CT molecular complexity index is 1220. The molecule has 1 aliphatic heterocycles. The minimum Gasteiger partial charge on any atom is -0.484 e. The van der Waals surface area contributed by atoms with Gasteiger partial charge < -0.3 is 15.0 Å². The quantitative estimate of drug-likeness (QED) is 0.486. The van der Waals surface area contributed by atoms with Crippen LogP contribution >= 0.6 is 0 Å². The van der Waals surface area contributed by atoms with Gasteiger partial charge >= 0.3 is 0 Å². The van der Waals surface area contributed by atoms with Crippen molar-refractivity contribution < 1.29 is 14.3 Å². The number of benzene rings is 2. The normalized spacial score (nSPS) is 17.3. The monoisotopic (exact) mass is 497 g/mol. The summed E-state index contributed by atoms with van der Waals surface area (Å²) in [5.41, 5.74) is 5.57. The number of carbonyl (C=O) groups excluding carboxylic acids is 2. The second-order valence-electron chi connectivity index (χ2n) is 10.1. The molecule has 2 aliphatic rings. The molecule has 0 radical (unpaired) electrons.